The first-order valence-electron chi connectivity index (χ1n) is 12.4. The van der Waals surface area contributed by atoms with Gasteiger partial charge in [-0.15, -0.1) is 0 Å². The average Bonchev–Trinajstić information content (AvgIpc) is 2.90. The van der Waals surface area contributed by atoms with Crippen molar-refractivity contribution in [3.8, 4) is 5.75 Å². The van der Waals surface area contributed by atoms with E-state index in [0.29, 0.717) is 38.9 Å². The number of nitrogens with zero attached hydrogens (tertiary/aromatic N) is 3. The maximum Gasteiger partial charge on any atom is 0.224 e. The molecule has 38 heavy (non-hydrogen) atoms. The van der Waals surface area contributed by atoms with Gasteiger partial charge in [0.1, 0.15) is 17.1 Å². The number of sulfonamides is 1. The number of aliphatic hydroxyl groups excluding tert-OH is 1. The number of rotatable bonds is 13. The minimum absolute atomic E-state index is 0.0124. The fourth-order valence-corrected chi connectivity index (χ4v) is 5.71. The molecule has 0 aliphatic carbocycles. The minimum Gasteiger partial charge on any atom is -0.496 e. The third kappa shape index (κ3) is 7.12. The molecular weight excluding hydrogens is 522 g/mol. The van der Waals surface area contributed by atoms with Crippen LogP contribution >= 0.6 is 0 Å². The number of ketones is 1. The molecule has 1 aliphatic heterocycles. The van der Waals surface area contributed by atoms with Crippen LogP contribution in [0.3, 0.4) is 0 Å². The monoisotopic (exact) mass is 556 g/mol. The Balaban J connectivity index is 1.56. The van der Waals surface area contributed by atoms with E-state index in [4.69, 9.17) is 10.5 Å². The van der Waals surface area contributed by atoms with Crippen LogP contribution in [0.25, 0.3) is 0 Å². The zero-order chi connectivity index (χ0) is 27.9. The van der Waals surface area contributed by atoms with E-state index in [9.17, 15) is 27.1 Å². The number of piperidine rings is 1. The molecule has 0 amide bonds. The molecule has 210 valence electrons. The van der Waals surface area contributed by atoms with Gasteiger partial charge < -0.3 is 26.2 Å². The Morgan fingerprint density at radius 3 is 2.63 bits per heavy atom. The Morgan fingerprint density at radius 2 is 2.03 bits per heavy atom. The third-order valence-corrected chi connectivity index (χ3v) is 8.43. The Labute approximate surface area is 220 Å². The average molecular weight is 557 g/mol. The predicted octanol–water partition coefficient (Wildman–Crippen LogP) is 1.53. The number of benzene rings is 1. The minimum atomic E-state index is -3.40. The van der Waals surface area contributed by atoms with Crippen LogP contribution in [0.4, 0.5) is 20.5 Å². The Morgan fingerprint density at radius 1 is 1.32 bits per heavy atom. The van der Waals surface area contributed by atoms with Crippen LogP contribution < -0.4 is 21.1 Å². The lowest BCUT2D eigenvalue weighted by Crippen LogP contribution is -2.44. The number of nitrogens with two attached hydrogens (primary N) is 1. The normalized spacial score (nSPS) is 15.8. The largest absolute Gasteiger partial charge is 0.496 e. The third-order valence-electron chi connectivity index (χ3n) is 6.47. The van der Waals surface area contributed by atoms with E-state index < -0.39 is 33.0 Å². The molecule has 3 rings (SSSR count). The molecule has 1 aromatic heterocycles. The van der Waals surface area contributed by atoms with Crippen molar-refractivity contribution >= 4 is 27.6 Å². The number of anilines is 2. The first kappa shape index (κ1) is 29.6. The maximum atomic E-state index is 14.3. The van der Waals surface area contributed by atoms with Crippen molar-refractivity contribution in [2.24, 2.45) is 0 Å². The van der Waals surface area contributed by atoms with Gasteiger partial charge in [-0.1, -0.05) is 6.92 Å². The highest BCUT2D eigenvalue weighted by Crippen LogP contribution is 2.28. The van der Waals surface area contributed by atoms with E-state index in [0.717, 1.165) is 24.8 Å². The molecule has 1 aromatic carbocycles. The number of methoxy groups -OCH3 is 1. The quantitative estimate of drug-likeness (QED) is 0.210. The highest BCUT2D eigenvalue weighted by molar-refractivity contribution is 7.89. The van der Waals surface area contributed by atoms with E-state index >= 15 is 0 Å². The van der Waals surface area contributed by atoms with E-state index in [1.54, 1.807) is 0 Å². The van der Waals surface area contributed by atoms with Crippen molar-refractivity contribution in [2.75, 3.05) is 50.2 Å². The summed E-state index contributed by atoms with van der Waals surface area (Å²) in [6, 6.07) is 1.83. The summed E-state index contributed by atoms with van der Waals surface area (Å²) in [5.41, 5.74) is 5.13. The van der Waals surface area contributed by atoms with Gasteiger partial charge in [0, 0.05) is 31.4 Å². The van der Waals surface area contributed by atoms with Gasteiger partial charge in [0.2, 0.25) is 21.8 Å². The lowest BCUT2D eigenvalue weighted by molar-refractivity contribution is 0.103. The molecule has 1 saturated heterocycles. The van der Waals surface area contributed by atoms with E-state index in [1.807, 2.05) is 6.92 Å². The van der Waals surface area contributed by atoms with Gasteiger partial charge in [-0.25, -0.2) is 26.5 Å². The number of hydrogen-bond acceptors (Lipinski definition) is 10. The van der Waals surface area contributed by atoms with Crippen LogP contribution in [0.15, 0.2) is 18.3 Å². The predicted molar refractivity (Wildman–Crippen MR) is 139 cm³/mol. The summed E-state index contributed by atoms with van der Waals surface area (Å²) in [7, 11) is -2.18. The van der Waals surface area contributed by atoms with Crippen molar-refractivity contribution in [3.05, 3.63) is 41.1 Å². The summed E-state index contributed by atoms with van der Waals surface area (Å²) >= 11 is 0. The maximum absolute atomic E-state index is 14.3. The number of nitrogens with one attached hydrogen (secondary N) is 2. The Kier molecular flexibility index (Phi) is 10.3. The summed E-state index contributed by atoms with van der Waals surface area (Å²) in [4.78, 5) is 21.1. The number of ether oxygens (including phenoxy) is 1. The highest BCUT2D eigenvalue weighted by Gasteiger charge is 2.29. The second-order valence-corrected chi connectivity index (χ2v) is 11.1. The zero-order valence-corrected chi connectivity index (χ0v) is 22.2. The number of halogens is 2. The number of nitrogen functional groups attached to an aromatic ring is 1. The van der Waals surface area contributed by atoms with Gasteiger partial charge in [0.25, 0.3) is 0 Å². The second kappa shape index (κ2) is 13.2. The molecule has 0 saturated carbocycles. The van der Waals surface area contributed by atoms with Gasteiger partial charge in [-0.3, -0.25) is 4.79 Å². The smallest absolute Gasteiger partial charge is 0.224 e. The molecule has 1 aliphatic rings. The summed E-state index contributed by atoms with van der Waals surface area (Å²) < 4.78 is 59.9. The van der Waals surface area contributed by atoms with Crippen LogP contribution in [-0.4, -0.2) is 84.8 Å². The lowest BCUT2D eigenvalue weighted by Gasteiger charge is -2.31. The molecule has 0 bridgehead atoms. The highest BCUT2D eigenvalue weighted by atomic mass is 32.2. The number of aliphatic hydroxyl groups is 1. The van der Waals surface area contributed by atoms with Gasteiger partial charge in [0.05, 0.1) is 25.0 Å². The number of aromatic nitrogens is 2. The molecule has 0 unspecified atom stereocenters. The first-order chi connectivity index (χ1) is 18.1. The summed E-state index contributed by atoms with van der Waals surface area (Å²) in [5, 5.41) is 15.4. The van der Waals surface area contributed by atoms with Gasteiger partial charge in [-0.2, -0.15) is 4.98 Å². The summed E-state index contributed by atoms with van der Waals surface area (Å²) in [6.45, 7) is 3.12. The fraction of sp³-hybridized carbons (Fsp3) is 0.542. The van der Waals surface area contributed by atoms with Crippen molar-refractivity contribution in [3.63, 3.8) is 0 Å². The zero-order valence-electron chi connectivity index (χ0n) is 21.4. The van der Waals surface area contributed by atoms with Crippen molar-refractivity contribution in [1.29, 1.82) is 0 Å². The molecule has 2 aromatic rings. The number of carbonyl (C=O) groups excluding carboxylic acids is 1. The van der Waals surface area contributed by atoms with E-state index in [2.05, 4.69) is 20.6 Å². The number of hydrogen-bond donors (Lipinski definition) is 4. The van der Waals surface area contributed by atoms with Crippen molar-refractivity contribution in [2.45, 2.75) is 44.7 Å². The summed E-state index contributed by atoms with van der Waals surface area (Å²) in [6.07, 6.45) is 3.36. The lowest BCUT2D eigenvalue weighted by atomic mass is 10.0. The Hall–Kier alpha value is -2.94. The topological polar surface area (TPSA) is 160 Å². The summed E-state index contributed by atoms with van der Waals surface area (Å²) in [5.74, 6) is -3.70. The van der Waals surface area contributed by atoms with Crippen LogP contribution in [0.1, 0.15) is 48.5 Å². The first-order valence-corrected chi connectivity index (χ1v) is 14.0. The fourth-order valence-electron chi connectivity index (χ4n) is 4.18. The van der Waals surface area contributed by atoms with Gasteiger partial charge >= 0.3 is 0 Å². The van der Waals surface area contributed by atoms with Crippen molar-refractivity contribution in [1.82, 2.24) is 19.6 Å². The van der Waals surface area contributed by atoms with Crippen LogP contribution in [0, 0.1) is 11.6 Å². The van der Waals surface area contributed by atoms with Gasteiger partial charge in [-0.05, 0) is 44.4 Å². The Bertz CT molecular complexity index is 1220. The van der Waals surface area contributed by atoms with Gasteiger partial charge in [0.15, 0.2) is 11.6 Å². The van der Waals surface area contributed by atoms with Crippen molar-refractivity contribution < 1.29 is 31.8 Å². The molecular formula is C24H34F2N6O5S. The SMILES string of the molecule is CC[C@H](CO)NCCCS(=O)(=O)N1CCC(Nc2ncc(C(=O)c3c(OC)ccc(F)c3F)c(N)n2)CC1. The molecule has 14 heteroatoms. The molecule has 2 heterocycles. The van der Waals surface area contributed by atoms with Crippen LogP contribution in [0.2, 0.25) is 0 Å². The second-order valence-electron chi connectivity index (χ2n) is 8.99. The van der Waals surface area contributed by atoms with E-state index in [1.165, 1.54) is 11.4 Å². The standard InChI is InChI=1S/C24H34F2N6O5S/c1-3-15(14-33)28-9-4-12-38(35,36)32-10-7-16(8-11-32)30-24-29-13-17(23(27)31-24)22(34)20-19(37-2)6-5-18(25)21(20)26/h5-6,13,15-16,28,33H,3-4,7-12,14H2,1-2H3,(H3,27,29,30,31)/t15-/m1/s1. The van der Waals surface area contributed by atoms with E-state index in [-0.39, 0.29) is 47.5 Å². The molecule has 11 nitrogen and oxygen atoms in total. The molecule has 1 fully saturated rings. The molecule has 5 N–H and O–H groups in total. The van der Waals surface area contributed by atoms with Crippen LogP contribution in [-0.2, 0) is 10.0 Å². The molecule has 0 spiro atoms. The molecule has 0 radical (unpaired) electrons. The molecule has 1 atom stereocenters. The van der Waals surface area contributed by atoms with Crippen LogP contribution in [0.5, 0.6) is 5.75 Å². The number of carbonyl (C=O) groups is 1.